The predicted octanol–water partition coefficient (Wildman–Crippen LogP) is 3.92. The number of benzene rings is 1. The third-order valence-electron chi connectivity index (χ3n) is 4.33. The number of hydrazine groups is 2. The molecular formula is C19H22F3N5O3. The van der Waals surface area contributed by atoms with Crippen molar-refractivity contribution in [2.75, 3.05) is 19.2 Å². The molecule has 0 radical (unpaired) electrons. The summed E-state index contributed by atoms with van der Waals surface area (Å²) < 4.78 is 52.3. The molecule has 2 heterocycles. The average Bonchev–Trinajstić information content (AvgIpc) is 3.15. The van der Waals surface area contributed by atoms with Gasteiger partial charge in [-0.2, -0.15) is 0 Å². The van der Waals surface area contributed by atoms with Crippen LogP contribution in [0.4, 0.5) is 18.9 Å². The van der Waals surface area contributed by atoms with Gasteiger partial charge in [-0.25, -0.2) is 15.5 Å². The number of rotatable bonds is 7. The monoisotopic (exact) mass is 425 g/mol. The average molecular weight is 425 g/mol. The van der Waals surface area contributed by atoms with Crippen LogP contribution in [-0.2, 0) is 0 Å². The molecule has 0 fully saturated rings. The summed E-state index contributed by atoms with van der Waals surface area (Å²) in [6.45, 7) is 3.88. The molecule has 162 valence electrons. The first-order chi connectivity index (χ1) is 14.3. The number of aromatic nitrogens is 1. The highest BCUT2D eigenvalue weighted by molar-refractivity contribution is 5.99. The fourth-order valence-corrected chi connectivity index (χ4v) is 3.07. The van der Waals surface area contributed by atoms with E-state index >= 15 is 0 Å². The molecule has 8 nitrogen and oxygen atoms in total. The van der Waals surface area contributed by atoms with Crippen LogP contribution in [0.25, 0.3) is 11.3 Å². The molecule has 0 atom stereocenters. The van der Waals surface area contributed by atoms with E-state index < -0.39 is 6.36 Å². The lowest BCUT2D eigenvalue weighted by Crippen LogP contribution is -2.41. The molecule has 1 aromatic carbocycles. The number of nitrogens with one attached hydrogen (secondary N) is 2. The van der Waals surface area contributed by atoms with Gasteiger partial charge in [0.1, 0.15) is 23.0 Å². The van der Waals surface area contributed by atoms with Crippen LogP contribution in [0.15, 0.2) is 29.4 Å². The molecule has 2 N–H and O–H groups in total. The Labute approximate surface area is 171 Å². The van der Waals surface area contributed by atoms with Crippen LogP contribution in [0.1, 0.15) is 25.3 Å². The van der Waals surface area contributed by atoms with Gasteiger partial charge >= 0.3 is 6.36 Å². The number of ether oxygens (including phenoxy) is 3. The number of halogens is 3. The summed E-state index contributed by atoms with van der Waals surface area (Å²) in [6, 6.07) is 5.70. The quantitative estimate of drug-likeness (QED) is 0.696. The molecular weight excluding hydrogens is 403 g/mol. The molecule has 1 aliphatic heterocycles. The smallest absolute Gasteiger partial charge is 0.496 e. The van der Waals surface area contributed by atoms with Crippen molar-refractivity contribution in [2.45, 2.75) is 33.1 Å². The highest BCUT2D eigenvalue weighted by atomic mass is 19.4. The van der Waals surface area contributed by atoms with Gasteiger partial charge in [-0.05, 0) is 37.1 Å². The minimum atomic E-state index is -4.79. The van der Waals surface area contributed by atoms with Gasteiger partial charge in [0.2, 0.25) is 5.88 Å². The second-order valence-corrected chi connectivity index (χ2v) is 6.43. The summed E-state index contributed by atoms with van der Waals surface area (Å²) in [5, 5.41) is 5.95. The first kappa shape index (κ1) is 21.5. The number of nitrogens with zero attached hydrogens (tertiary/aromatic N) is 3. The number of hydrogen-bond acceptors (Lipinski definition) is 8. The fourth-order valence-electron chi connectivity index (χ4n) is 3.07. The predicted molar refractivity (Wildman–Crippen MR) is 105 cm³/mol. The minimum absolute atomic E-state index is 0.191. The summed E-state index contributed by atoms with van der Waals surface area (Å²) in [5.41, 5.74) is 8.07. The molecule has 0 aliphatic carbocycles. The van der Waals surface area contributed by atoms with E-state index in [1.807, 2.05) is 19.9 Å². The number of pyridine rings is 1. The van der Waals surface area contributed by atoms with Gasteiger partial charge in [0.15, 0.2) is 0 Å². The van der Waals surface area contributed by atoms with Crippen molar-refractivity contribution in [3.63, 3.8) is 0 Å². The summed E-state index contributed by atoms with van der Waals surface area (Å²) in [7, 11) is 2.85. The molecule has 3 rings (SSSR count). The van der Waals surface area contributed by atoms with Crippen molar-refractivity contribution in [2.24, 2.45) is 5.10 Å². The molecule has 1 aliphatic rings. The Morgan fingerprint density at radius 2 is 1.90 bits per heavy atom. The summed E-state index contributed by atoms with van der Waals surface area (Å²) in [4.78, 5) is 4.58. The minimum Gasteiger partial charge on any atom is -0.496 e. The normalized spacial score (nSPS) is 13.7. The van der Waals surface area contributed by atoms with E-state index in [1.54, 1.807) is 5.01 Å². The maximum Gasteiger partial charge on any atom is 0.573 e. The Hall–Kier alpha value is -3.21. The van der Waals surface area contributed by atoms with Crippen LogP contribution in [0.2, 0.25) is 0 Å². The third kappa shape index (κ3) is 4.51. The summed E-state index contributed by atoms with van der Waals surface area (Å²) in [6.07, 6.45) is -3.16. The van der Waals surface area contributed by atoms with Crippen LogP contribution in [0.5, 0.6) is 17.4 Å². The Morgan fingerprint density at radius 1 is 1.13 bits per heavy atom. The van der Waals surface area contributed by atoms with Gasteiger partial charge in [-0.1, -0.05) is 6.92 Å². The third-order valence-corrected chi connectivity index (χ3v) is 4.33. The van der Waals surface area contributed by atoms with Crippen LogP contribution in [0, 0.1) is 6.92 Å². The molecule has 30 heavy (non-hydrogen) atoms. The highest BCUT2D eigenvalue weighted by Gasteiger charge is 2.31. The molecule has 2 aromatic rings. The van der Waals surface area contributed by atoms with Gasteiger partial charge in [0.05, 0.1) is 19.9 Å². The largest absolute Gasteiger partial charge is 0.573 e. The standard InChI is InChI=1S/C19H22F3N5O3/c1-5-6-16-24-25-26-27(16)14-9-11(2)17(23-18(14)29-4)13-8-7-12(10-15(13)28-3)30-19(20,21)22/h7-10,25-26H,5-6H2,1-4H3. The number of alkyl halides is 3. The lowest BCUT2D eigenvalue weighted by atomic mass is 10.0. The van der Waals surface area contributed by atoms with Gasteiger partial charge < -0.3 is 14.2 Å². The van der Waals surface area contributed by atoms with Crippen molar-refractivity contribution in [3.05, 3.63) is 29.8 Å². The Balaban J connectivity index is 2.02. The molecule has 0 amide bonds. The molecule has 0 saturated carbocycles. The Morgan fingerprint density at radius 3 is 2.53 bits per heavy atom. The summed E-state index contributed by atoms with van der Waals surface area (Å²) in [5.74, 6) is 0.901. The SMILES string of the molecule is CCCC1=NNNN1c1cc(C)c(-c2ccc(OC(F)(F)F)cc2OC)nc1OC. The van der Waals surface area contributed by atoms with Crippen molar-refractivity contribution in [3.8, 4) is 28.6 Å². The second-order valence-electron chi connectivity index (χ2n) is 6.43. The molecule has 1 aromatic heterocycles. The van der Waals surface area contributed by atoms with Gasteiger partial charge in [0, 0.05) is 18.1 Å². The first-order valence-electron chi connectivity index (χ1n) is 9.14. The van der Waals surface area contributed by atoms with E-state index in [1.165, 1.54) is 32.4 Å². The maximum atomic E-state index is 12.5. The van der Waals surface area contributed by atoms with Crippen LogP contribution in [0.3, 0.4) is 0 Å². The molecule has 0 spiro atoms. The molecule has 0 unspecified atom stereocenters. The number of aryl methyl sites for hydroxylation is 1. The lowest BCUT2D eigenvalue weighted by molar-refractivity contribution is -0.274. The fraction of sp³-hybridized carbons (Fsp3) is 0.368. The maximum absolute atomic E-state index is 12.5. The van der Waals surface area contributed by atoms with Gasteiger partial charge in [0.25, 0.3) is 0 Å². The zero-order chi connectivity index (χ0) is 21.9. The lowest BCUT2D eigenvalue weighted by Gasteiger charge is -2.22. The first-order valence-corrected chi connectivity index (χ1v) is 9.14. The van der Waals surface area contributed by atoms with E-state index in [0.717, 1.165) is 24.2 Å². The molecule has 11 heteroatoms. The zero-order valence-electron chi connectivity index (χ0n) is 16.9. The highest BCUT2D eigenvalue weighted by Crippen LogP contribution is 2.39. The molecule has 0 saturated heterocycles. The number of hydrogen-bond donors (Lipinski definition) is 2. The molecule has 0 bridgehead atoms. The topological polar surface area (TPSA) is 80.2 Å². The van der Waals surface area contributed by atoms with E-state index in [4.69, 9.17) is 9.47 Å². The van der Waals surface area contributed by atoms with Crippen molar-refractivity contribution in [1.29, 1.82) is 0 Å². The number of amidine groups is 1. The number of methoxy groups -OCH3 is 2. The van der Waals surface area contributed by atoms with Crippen LogP contribution < -0.4 is 30.3 Å². The summed E-state index contributed by atoms with van der Waals surface area (Å²) >= 11 is 0. The van der Waals surface area contributed by atoms with E-state index in [-0.39, 0.29) is 11.5 Å². The van der Waals surface area contributed by atoms with Gasteiger partial charge in [-0.15, -0.1) is 23.8 Å². The Bertz CT molecular complexity index is 950. The van der Waals surface area contributed by atoms with Crippen molar-refractivity contribution >= 4 is 11.5 Å². The van der Waals surface area contributed by atoms with Gasteiger partial charge in [-0.3, -0.25) is 0 Å². The zero-order valence-corrected chi connectivity index (χ0v) is 16.9. The van der Waals surface area contributed by atoms with Crippen LogP contribution >= 0.6 is 0 Å². The van der Waals surface area contributed by atoms with E-state index in [0.29, 0.717) is 22.8 Å². The number of hydrazone groups is 1. The number of anilines is 1. The van der Waals surface area contributed by atoms with E-state index in [2.05, 4.69) is 25.9 Å². The Kier molecular flexibility index (Phi) is 6.20. The second kappa shape index (κ2) is 8.66. The van der Waals surface area contributed by atoms with Crippen molar-refractivity contribution in [1.82, 2.24) is 16.1 Å². The van der Waals surface area contributed by atoms with Crippen molar-refractivity contribution < 1.29 is 27.4 Å². The van der Waals surface area contributed by atoms with Crippen LogP contribution in [-0.4, -0.2) is 31.4 Å². The van der Waals surface area contributed by atoms with E-state index in [9.17, 15) is 13.2 Å².